The maximum atomic E-state index is 11.9. The maximum Gasteiger partial charge on any atom is 0.230 e. The first kappa shape index (κ1) is 12.8. The number of anilines is 1. The molecule has 1 amide bonds. The van der Waals surface area contributed by atoms with Gasteiger partial charge >= 0.3 is 0 Å². The van der Waals surface area contributed by atoms with Crippen LogP contribution in [0.4, 0.5) is 5.69 Å². The summed E-state index contributed by atoms with van der Waals surface area (Å²) in [7, 11) is 1.84. The summed E-state index contributed by atoms with van der Waals surface area (Å²) in [6.07, 6.45) is 0.327. The fraction of sp³-hybridized carbons (Fsp3) is 0.231. The van der Waals surface area contributed by atoms with Crippen molar-refractivity contribution in [3.8, 4) is 0 Å². The van der Waals surface area contributed by atoms with Crippen molar-refractivity contribution >= 4 is 27.5 Å². The third kappa shape index (κ3) is 3.20. The topological polar surface area (TPSA) is 46.9 Å². The molecule has 0 atom stereocenters. The van der Waals surface area contributed by atoms with Crippen molar-refractivity contribution in [1.29, 1.82) is 0 Å². The Morgan fingerprint density at radius 3 is 2.61 bits per heavy atom. The van der Waals surface area contributed by atoms with Gasteiger partial charge in [-0.15, -0.1) is 0 Å². The van der Waals surface area contributed by atoms with Gasteiger partial charge in [-0.3, -0.25) is 9.48 Å². The Hall–Kier alpha value is -1.62. The molecule has 1 N–H and O–H groups in total. The first-order chi connectivity index (χ1) is 8.54. The number of carbonyl (C=O) groups is 1. The average Bonchev–Trinajstić information content (AvgIpc) is 2.61. The number of nitrogens with zero attached hydrogens (tertiary/aromatic N) is 2. The molecule has 0 radical (unpaired) electrons. The smallest absolute Gasteiger partial charge is 0.230 e. The fourth-order valence-electron chi connectivity index (χ4n) is 1.73. The van der Waals surface area contributed by atoms with E-state index in [9.17, 15) is 4.79 Å². The van der Waals surface area contributed by atoms with E-state index in [2.05, 4.69) is 26.3 Å². The Bertz CT molecular complexity index is 560. The lowest BCUT2D eigenvalue weighted by Gasteiger charge is -2.05. The molecule has 0 aliphatic carbocycles. The van der Waals surface area contributed by atoms with Crippen LogP contribution in [-0.4, -0.2) is 15.7 Å². The second-order valence-electron chi connectivity index (χ2n) is 4.13. The van der Waals surface area contributed by atoms with Gasteiger partial charge in [0.1, 0.15) is 0 Å². The highest BCUT2D eigenvalue weighted by molar-refractivity contribution is 9.10. The van der Waals surface area contributed by atoms with Crippen LogP contribution >= 0.6 is 15.9 Å². The number of rotatable bonds is 3. The van der Waals surface area contributed by atoms with Crippen LogP contribution in [0, 0.1) is 6.92 Å². The van der Waals surface area contributed by atoms with Crippen molar-refractivity contribution < 1.29 is 4.79 Å². The van der Waals surface area contributed by atoms with Crippen LogP contribution in [0.3, 0.4) is 0 Å². The first-order valence-electron chi connectivity index (χ1n) is 5.59. The van der Waals surface area contributed by atoms with Gasteiger partial charge in [0.05, 0.1) is 12.1 Å². The van der Waals surface area contributed by atoms with Crippen LogP contribution < -0.4 is 5.32 Å². The number of amides is 1. The number of carbonyl (C=O) groups excluding carboxylic acids is 1. The molecule has 0 saturated heterocycles. The van der Waals surface area contributed by atoms with E-state index < -0.39 is 0 Å². The summed E-state index contributed by atoms with van der Waals surface area (Å²) in [5.41, 5.74) is 2.62. The SMILES string of the molecule is Cc1cc(CC(=O)Nc2ccc(Br)cc2)n(C)n1. The van der Waals surface area contributed by atoms with E-state index in [4.69, 9.17) is 0 Å². The molecule has 0 saturated carbocycles. The summed E-state index contributed by atoms with van der Waals surface area (Å²) in [6.45, 7) is 1.91. The average molecular weight is 308 g/mol. The van der Waals surface area contributed by atoms with Gasteiger partial charge in [-0.05, 0) is 37.3 Å². The van der Waals surface area contributed by atoms with E-state index in [1.165, 1.54) is 0 Å². The minimum absolute atomic E-state index is 0.0414. The molecule has 0 unspecified atom stereocenters. The van der Waals surface area contributed by atoms with E-state index in [0.717, 1.165) is 21.5 Å². The third-order valence-corrected chi connectivity index (χ3v) is 3.10. The Morgan fingerprint density at radius 1 is 1.39 bits per heavy atom. The Labute approximate surface area is 114 Å². The standard InChI is InChI=1S/C13H14BrN3O/c1-9-7-12(17(2)16-9)8-13(18)15-11-5-3-10(14)4-6-11/h3-7H,8H2,1-2H3,(H,15,18). The number of benzene rings is 1. The van der Waals surface area contributed by atoms with Crippen molar-refractivity contribution in [3.63, 3.8) is 0 Å². The molecule has 1 aromatic heterocycles. The molecule has 0 aliphatic heterocycles. The second kappa shape index (κ2) is 5.35. The molecule has 4 nitrogen and oxygen atoms in total. The van der Waals surface area contributed by atoms with Crippen molar-refractivity contribution in [2.75, 3.05) is 5.32 Å². The minimum atomic E-state index is -0.0414. The molecule has 18 heavy (non-hydrogen) atoms. The zero-order valence-electron chi connectivity index (χ0n) is 10.3. The summed E-state index contributed by atoms with van der Waals surface area (Å²) in [5, 5.41) is 7.07. The summed E-state index contributed by atoms with van der Waals surface area (Å²) >= 11 is 3.35. The highest BCUT2D eigenvalue weighted by atomic mass is 79.9. The van der Waals surface area contributed by atoms with Gasteiger partial charge in [0, 0.05) is 22.9 Å². The van der Waals surface area contributed by atoms with Crippen LogP contribution in [0.15, 0.2) is 34.8 Å². The lowest BCUT2D eigenvalue weighted by molar-refractivity contribution is -0.115. The molecule has 2 rings (SSSR count). The molecule has 0 bridgehead atoms. The maximum absolute atomic E-state index is 11.9. The zero-order valence-corrected chi connectivity index (χ0v) is 11.9. The van der Waals surface area contributed by atoms with Crippen LogP contribution in [-0.2, 0) is 18.3 Å². The Morgan fingerprint density at radius 2 is 2.06 bits per heavy atom. The molecule has 0 fully saturated rings. The normalized spacial score (nSPS) is 10.4. The predicted molar refractivity (Wildman–Crippen MR) is 74.4 cm³/mol. The highest BCUT2D eigenvalue weighted by Crippen LogP contribution is 2.14. The van der Waals surface area contributed by atoms with E-state index in [-0.39, 0.29) is 5.91 Å². The number of nitrogens with one attached hydrogen (secondary N) is 1. The number of hydrogen-bond acceptors (Lipinski definition) is 2. The molecule has 0 aliphatic rings. The quantitative estimate of drug-likeness (QED) is 0.947. The first-order valence-corrected chi connectivity index (χ1v) is 6.39. The second-order valence-corrected chi connectivity index (χ2v) is 5.05. The van der Waals surface area contributed by atoms with Crippen molar-refractivity contribution in [2.24, 2.45) is 7.05 Å². The number of halogens is 1. The number of hydrogen-bond donors (Lipinski definition) is 1. The largest absolute Gasteiger partial charge is 0.326 e. The number of aromatic nitrogens is 2. The van der Waals surface area contributed by atoms with E-state index >= 15 is 0 Å². The lowest BCUT2D eigenvalue weighted by atomic mass is 10.2. The van der Waals surface area contributed by atoms with E-state index in [1.54, 1.807) is 4.68 Å². The van der Waals surface area contributed by atoms with Crippen LogP contribution in [0.2, 0.25) is 0 Å². The van der Waals surface area contributed by atoms with E-state index in [1.807, 2.05) is 44.3 Å². The molecule has 2 aromatic rings. The van der Waals surface area contributed by atoms with Crippen LogP contribution in [0.5, 0.6) is 0 Å². The summed E-state index contributed by atoms with van der Waals surface area (Å²) < 4.78 is 2.72. The van der Waals surface area contributed by atoms with Gasteiger partial charge in [-0.1, -0.05) is 15.9 Å². The molecular weight excluding hydrogens is 294 g/mol. The van der Waals surface area contributed by atoms with Gasteiger partial charge in [0.2, 0.25) is 5.91 Å². The molecule has 5 heteroatoms. The fourth-order valence-corrected chi connectivity index (χ4v) is 2.00. The van der Waals surface area contributed by atoms with Gasteiger partial charge in [-0.25, -0.2) is 0 Å². The van der Waals surface area contributed by atoms with Crippen LogP contribution in [0.25, 0.3) is 0 Å². The lowest BCUT2D eigenvalue weighted by Crippen LogP contribution is -2.16. The predicted octanol–water partition coefficient (Wildman–Crippen LogP) is 2.67. The Kier molecular flexibility index (Phi) is 3.81. The zero-order chi connectivity index (χ0) is 13.1. The molecule has 1 aromatic carbocycles. The van der Waals surface area contributed by atoms with Crippen molar-refractivity contribution in [2.45, 2.75) is 13.3 Å². The monoisotopic (exact) mass is 307 g/mol. The van der Waals surface area contributed by atoms with Gasteiger partial charge < -0.3 is 5.32 Å². The van der Waals surface area contributed by atoms with Crippen molar-refractivity contribution in [1.82, 2.24) is 9.78 Å². The number of aryl methyl sites for hydroxylation is 2. The highest BCUT2D eigenvalue weighted by Gasteiger charge is 2.08. The van der Waals surface area contributed by atoms with Crippen molar-refractivity contribution in [3.05, 3.63) is 46.2 Å². The molecule has 0 spiro atoms. The van der Waals surface area contributed by atoms with Gasteiger partial charge in [-0.2, -0.15) is 5.10 Å². The summed E-state index contributed by atoms with van der Waals surface area (Å²) in [5.74, 6) is -0.0414. The van der Waals surface area contributed by atoms with Crippen LogP contribution in [0.1, 0.15) is 11.4 Å². The molecule has 94 valence electrons. The van der Waals surface area contributed by atoms with Gasteiger partial charge in [0.25, 0.3) is 0 Å². The summed E-state index contributed by atoms with van der Waals surface area (Å²) in [6, 6.07) is 9.42. The molecular formula is C13H14BrN3O. The minimum Gasteiger partial charge on any atom is -0.326 e. The third-order valence-electron chi connectivity index (χ3n) is 2.57. The summed E-state index contributed by atoms with van der Waals surface area (Å²) in [4.78, 5) is 11.9. The Balaban J connectivity index is 2.01. The van der Waals surface area contributed by atoms with Gasteiger partial charge in [0.15, 0.2) is 0 Å². The molecule has 1 heterocycles. The van der Waals surface area contributed by atoms with E-state index in [0.29, 0.717) is 6.42 Å².